The van der Waals surface area contributed by atoms with E-state index in [9.17, 15) is 19.5 Å². The van der Waals surface area contributed by atoms with Crippen molar-refractivity contribution in [1.29, 1.82) is 0 Å². The Labute approximate surface area is 136 Å². The Bertz CT molecular complexity index is 760. The highest BCUT2D eigenvalue weighted by Gasteiger charge is 2.46. The second-order valence-corrected chi connectivity index (χ2v) is 5.40. The summed E-state index contributed by atoms with van der Waals surface area (Å²) in [5, 5.41) is 20.0. The van der Waals surface area contributed by atoms with Crippen LogP contribution >= 0.6 is 0 Å². The summed E-state index contributed by atoms with van der Waals surface area (Å²) in [6.45, 7) is 0.291. The van der Waals surface area contributed by atoms with Crippen molar-refractivity contribution in [1.82, 2.24) is 25.2 Å². The van der Waals surface area contributed by atoms with Crippen molar-refractivity contribution >= 4 is 18.3 Å². The van der Waals surface area contributed by atoms with Crippen molar-refractivity contribution in [2.45, 2.75) is 25.2 Å². The molecule has 124 valence electrons. The molecule has 1 fully saturated rings. The minimum Gasteiger partial charge on any atom is -0.465 e. The van der Waals surface area contributed by atoms with E-state index in [1.54, 1.807) is 12.1 Å². The molecule has 2 N–H and O–H groups in total. The lowest BCUT2D eigenvalue weighted by molar-refractivity contribution is -0.137. The van der Waals surface area contributed by atoms with Gasteiger partial charge < -0.3 is 10.4 Å². The number of rotatable bonds is 6. The topological polar surface area (TPSA) is 117 Å². The molecule has 2 atom stereocenters. The minimum absolute atomic E-state index is 0.108. The number of aromatic nitrogens is 3. The summed E-state index contributed by atoms with van der Waals surface area (Å²) >= 11 is 0. The summed E-state index contributed by atoms with van der Waals surface area (Å²) < 4.78 is 0. The molecule has 1 aromatic heterocycles. The molecule has 9 nitrogen and oxygen atoms in total. The van der Waals surface area contributed by atoms with Crippen LogP contribution in [0.4, 0.5) is 4.79 Å². The van der Waals surface area contributed by atoms with Crippen molar-refractivity contribution in [3.05, 3.63) is 47.8 Å². The average Bonchev–Trinajstić information content (AvgIpc) is 3.02. The Morgan fingerprint density at radius 1 is 1.38 bits per heavy atom. The summed E-state index contributed by atoms with van der Waals surface area (Å²) in [5.41, 5.74) is 0.968. The lowest BCUT2D eigenvalue weighted by Crippen LogP contribution is -2.70. The third-order valence-electron chi connectivity index (χ3n) is 3.79. The molecule has 0 radical (unpaired) electrons. The Kier molecular flexibility index (Phi) is 4.23. The first-order chi connectivity index (χ1) is 11.6. The van der Waals surface area contributed by atoms with E-state index in [2.05, 4.69) is 15.5 Å². The molecule has 1 saturated heterocycles. The van der Waals surface area contributed by atoms with E-state index in [1.807, 2.05) is 18.2 Å². The van der Waals surface area contributed by atoms with Crippen LogP contribution in [0.3, 0.4) is 0 Å². The van der Waals surface area contributed by atoms with Gasteiger partial charge in [-0.3, -0.25) is 14.5 Å². The molecule has 24 heavy (non-hydrogen) atoms. The van der Waals surface area contributed by atoms with Crippen LogP contribution in [-0.4, -0.2) is 55.4 Å². The quantitative estimate of drug-likeness (QED) is 0.575. The van der Waals surface area contributed by atoms with Crippen LogP contribution < -0.4 is 5.32 Å². The summed E-state index contributed by atoms with van der Waals surface area (Å²) in [4.78, 5) is 36.5. The first-order valence-corrected chi connectivity index (χ1v) is 7.27. The summed E-state index contributed by atoms with van der Waals surface area (Å²) in [5.74, 6) is -0.360. The third kappa shape index (κ3) is 3.09. The van der Waals surface area contributed by atoms with Gasteiger partial charge in [-0.2, -0.15) is 15.0 Å². The van der Waals surface area contributed by atoms with Crippen LogP contribution in [0.25, 0.3) is 0 Å². The fourth-order valence-corrected chi connectivity index (χ4v) is 2.63. The molecular formula is C15H15N5O4. The van der Waals surface area contributed by atoms with Crippen LogP contribution in [0.2, 0.25) is 0 Å². The summed E-state index contributed by atoms with van der Waals surface area (Å²) in [6, 6.07) is 7.77. The number of nitrogens with one attached hydrogen (secondary N) is 1. The lowest BCUT2D eigenvalue weighted by atomic mass is 9.96. The molecule has 0 unspecified atom stereocenters. The van der Waals surface area contributed by atoms with Gasteiger partial charge in [-0.25, -0.2) is 4.79 Å². The zero-order valence-corrected chi connectivity index (χ0v) is 12.6. The molecule has 2 amide bonds. The Balaban J connectivity index is 1.74. The van der Waals surface area contributed by atoms with Crippen LogP contribution in [0.1, 0.15) is 16.1 Å². The molecule has 0 aliphatic carbocycles. The second-order valence-electron chi connectivity index (χ2n) is 5.40. The molecule has 9 heteroatoms. The number of hydrogen-bond donors (Lipinski definition) is 2. The van der Waals surface area contributed by atoms with Crippen LogP contribution in [0, 0.1) is 0 Å². The van der Waals surface area contributed by atoms with Crippen LogP contribution in [0.15, 0.2) is 36.5 Å². The lowest BCUT2D eigenvalue weighted by Gasteiger charge is -2.42. The number of carboxylic acid groups (broad SMARTS) is 1. The minimum atomic E-state index is -1.18. The maximum atomic E-state index is 11.9. The molecule has 2 aromatic rings. The fourth-order valence-electron chi connectivity index (χ4n) is 2.63. The average molecular weight is 329 g/mol. The number of benzene rings is 1. The molecule has 2 heterocycles. The van der Waals surface area contributed by atoms with Crippen molar-refractivity contribution in [2.24, 2.45) is 0 Å². The largest absolute Gasteiger partial charge is 0.465 e. The smallest absolute Gasteiger partial charge is 0.408 e. The van der Waals surface area contributed by atoms with Gasteiger partial charge >= 0.3 is 6.09 Å². The predicted molar refractivity (Wildman–Crippen MR) is 81.1 cm³/mol. The van der Waals surface area contributed by atoms with Crippen molar-refractivity contribution < 1.29 is 19.5 Å². The molecule has 3 rings (SSSR count). The zero-order chi connectivity index (χ0) is 17.1. The zero-order valence-electron chi connectivity index (χ0n) is 12.6. The highest BCUT2D eigenvalue weighted by Crippen LogP contribution is 2.19. The number of amides is 2. The number of carbonyl (C=O) groups excluding carboxylic acids is 2. The van der Waals surface area contributed by atoms with Gasteiger partial charge in [0.25, 0.3) is 0 Å². The van der Waals surface area contributed by atoms with Gasteiger partial charge in [-0.05, 0) is 5.56 Å². The van der Waals surface area contributed by atoms with Crippen LogP contribution in [-0.2, 0) is 17.9 Å². The molecule has 0 saturated carbocycles. The van der Waals surface area contributed by atoms with E-state index in [0.29, 0.717) is 6.29 Å². The SMILES string of the molecule is O=Cc1cnn(C[C@H]2NC(=O)[C@H]2N(Cc2ccccc2)C(=O)O)n1. The first-order valence-electron chi connectivity index (χ1n) is 7.27. The maximum Gasteiger partial charge on any atom is 0.408 e. The molecule has 0 bridgehead atoms. The number of aldehydes is 1. The van der Waals surface area contributed by atoms with Gasteiger partial charge in [-0.15, -0.1) is 0 Å². The highest BCUT2D eigenvalue weighted by atomic mass is 16.4. The number of carbonyl (C=O) groups is 3. The highest BCUT2D eigenvalue weighted by molar-refractivity contribution is 5.92. The van der Waals surface area contributed by atoms with E-state index >= 15 is 0 Å². The number of β-lactam (4-membered cyclic amide) rings is 1. The summed E-state index contributed by atoms with van der Waals surface area (Å²) in [6.07, 6.45) is 0.700. The van der Waals surface area contributed by atoms with Crippen molar-refractivity contribution in [3.8, 4) is 0 Å². The Hall–Kier alpha value is -3.23. The van der Waals surface area contributed by atoms with E-state index in [1.165, 1.54) is 11.0 Å². The third-order valence-corrected chi connectivity index (χ3v) is 3.79. The maximum absolute atomic E-state index is 11.9. The van der Waals surface area contributed by atoms with Gasteiger partial charge in [-0.1, -0.05) is 30.3 Å². The predicted octanol–water partition coefficient (Wildman–Crippen LogP) is 0.138. The number of hydrogen-bond acceptors (Lipinski definition) is 5. The van der Waals surface area contributed by atoms with Gasteiger partial charge in [0.1, 0.15) is 11.7 Å². The number of nitrogens with zero attached hydrogens (tertiary/aromatic N) is 4. The van der Waals surface area contributed by atoms with Crippen molar-refractivity contribution in [3.63, 3.8) is 0 Å². The fraction of sp³-hybridized carbons (Fsp3) is 0.267. The molecular weight excluding hydrogens is 314 g/mol. The Morgan fingerprint density at radius 3 is 2.71 bits per heavy atom. The monoisotopic (exact) mass is 329 g/mol. The van der Waals surface area contributed by atoms with Gasteiger partial charge in [0.05, 0.1) is 18.8 Å². The van der Waals surface area contributed by atoms with E-state index in [0.717, 1.165) is 10.5 Å². The molecule has 1 aliphatic rings. The molecule has 0 spiro atoms. The summed E-state index contributed by atoms with van der Waals surface area (Å²) in [7, 11) is 0. The van der Waals surface area contributed by atoms with E-state index in [-0.39, 0.29) is 24.7 Å². The van der Waals surface area contributed by atoms with Crippen LogP contribution in [0.5, 0.6) is 0 Å². The standard InChI is InChI=1S/C15H15N5O4/c21-9-11-6-16-20(18-11)8-12-13(14(22)17-12)19(15(23)24)7-10-4-2-1-3-5-10/h1-6,9,12-13H,7-8H2,(H,17,22)(H,23,24)/t12-,13+/m1/s1. The van der Waals surface area contributed by atoms with E-state index < -0.39 is 18.2 Å². The van der Waals surface area contributed by atoms with Crippen molar-refractivity contribution in [2.75, 3.05) is 0 Å². The van der Waals surface area contributed by atoms with Gasteiger partial charge in [0.15, 0.2) is 6.29 Å². The second kappa shape index (κ2) is 6.49. The van der Waals surface area contributed by atoms with E-state index in [4.69, 9.17) is 0 Å². The van der Waals surface area contributed by atoms with Gasteiger partial charge in [0.2, 0.25) is 5.91 Å². The normalized spacial score (nSPS) is 19.2. The van der Waals surface area contributed by atoms with Gasteiger partial charge in [0, 0.05) is 6.54 Å². The molecule has 1 aromatic carbocycles. The Morgan fingerprint density at radius 2 is 2.12 bits per heavy atom. The first kappa shape index (κ1) is 15.7. The molecule has 1 aliphatic heterocycles.